The molecule has 0 spiro atoms. The highest BCUT2D eigenvalue weighted by molar-refractivity contribution is 5.91. The molecule has 0 radical (unpaired) electrons. The van der Waals surface area contributed by atoms with Crippen molar-refractivity contribution < 1.29 is 13.9 Å². The van der Waals surface area contributed by atoms with E-state index in [4.69, 9.17) is 4.74 Å². The van der Waals surface area contributed by atoms with Crippen LogP contribution in [0.15, 0.2) is 48.5 Å². The third-order valence-corrected chi connectivity index (χ3v) is 5.57. The van der Waals surface area contributed by atoms with Gasteiger partial charge in [-0.25, -0.2) is 4.39 Å². The lowest BCUT2D eigenvalue weighted by molar-refractivity contribution is -0.123. The van der Waals surface area contributed by atoms with Crippen LogP contribution >= 0.6 is 0 Å². The van der Waals surface area contributed by atoms with Gasteiger partial charge in [-0.3, -0.25) is 9.69 Å². The van der Waals surface area contributed by atoms with Gasteiger partial charge in [0, 0.05) is 26.2 Å². The van der Waals surface area contributed by atoms with E-state index in [1.165, 1.54) is 17.7 Å². The Balaban J connectivity index is 1.32. The maximum Gasteiger partial charge on any atom is 0.230 e. The van der Waals surface area contributed by atoms with Crippen LogP contribution in [0.5, 0.6) is 0 Å². The molecule has 2 aromatic carbocycles. The summed E-state index contributed by atoms with van der Waals surface area (Å²) in [5.74, 6) is -0.237. The van der Waals surface area contributed by atoms with Crippen molar-refractivity contribution in [1.82, 2.24) is 10.2 Å². The minimum atomic E-state index is -0.468. The van der Waals surface area contributed by atoms with E-state index in [0.29, 0.717) is 6.54 Å². The molecule has 0 unspecified atom stereocenters. The standard InChI is InChI=1S/C22H25FN2O2/c23-20-7-5-19(6-8-20)22(9-10-22)21(26)24-15-17-1-3-18(4-2-17)16-25-11-13-27-14-12-25/h1-8H,9-16H2,(H,24,26). The lowest BCUT2D eigenvalue weighted by Crippen LogP contribution is -2.35. The summed E-state index contributed by atoms with van der Waals surface area (Å²) in [7, 11) is 0. The van der Waals surface area contributed by atoms with E-state index >= 15 is 0 Å². The molecular weight excluding hydrogens is 343 g/mol. The highest BCUT2D eigenvalue weighted by atomic mass is 19.1. The summed E-state index contributed by atoms with van der Waals surface area (Å²) >= 11 is 0. The highest BCUT2D eigenvalue weighted by Crippen LogP contribution is 2.48. The largest absolute Gasteiger partial charge is 0.379 e. The van der Waals surface area contributed by atoms with Crippen molar-refractivity contribution in [3.05, 3.63) is 71.0 Å². The molecule has 1 saturated carbocycles. The van der Waals surface area contributed by atoms with E-state index < -0.39 is 5.41 Å². The second kappa shape index (κ2) is 7.79. The van der Waals surface area contributed by atoms with Crippen LogP contribution in [-0.2, 0) is 28.0 Å². The predicted octanol–water partition coefficient (Wildman–Crippen LogP) is 3.01. The molecule has 2 aliphatic rings. The number of halogens is 1. The zero-order valence-electron chi connectivity index (χ0n) is 15.4. The van der Waals surface area contributed by atoms with Crippen LogP contribution in [0.25, 0.3) is 0 Å². The van der Waals surface area contributed by atoms with Gasteiger partial charge in [-0.15, -0.1) is 0 Å². The number of benzene rings is 2. The van der Waals surface area contributed by atoms with E-state index in [-0.39, 0.29) is 11.7 Å². The quantitative estimate of drug-likeness (QED) is 0.852. The van der Waals surface area contributed by atoms with Gasteiger partial charge in [0.2, 0.25) is 5.91 Å². The van der Waals surface area contributed by atoms with Gasteiger partial charge in [-0.05, 0) is 41.7 Å². The smallest absolute Gasteiger partial charge is 0.230 e. The first-order chi connectivity index (χ1) is 13.2. The van der Waals surface area contributed by atoms with Crippen LogP contribution in [0.2, 0.25) is 0 Å². The van der Waals surface area contributed by atoms with Gasteiger partial charge in [0.1, 0.15) is 5.82 Å². The Morgan fingerprint density at radius 2 is 1.63 bits per heavy atom. The second-order valence-corrected chi connectivity index (χ2v) is 7.48. The third kappa shape index (κ3) is 4.20. The Bertz CT molecular complexity index is 779. The molecule has 0 bridgehead atoms. The number of carbonyl (C=O) groups is 1. The zero-order chi connectivity index (χ0) is 18.7. The van der Waals surface area contributed by atoms with Crippen molar-refractivity contribution >= 4 is 5.91 Å². The molecular formula is C22H25FN2O2. The summed E-state index contributed by atoms with van der Waals surface area (Å²) in [6.07, 6.45) is 1.64. The number of nitrogens with zero attached hydrogens (tertiary/aromatic N) is 1. The summed E-state index contributed by atoms with van der Waals surface area (Å²) in [5.41, 5.74) is 2.80. The highest BCUT2D eigenvalue weighted by Gasteiger charge is 2.51. The number of ether oxygens (including phenoxy) is 1. The number of morpholine rings is 1. The normalized spacial score (nSPS) is 18.9. The fourth-order valence-electron chi connectivity index (χ4n) is 3.67. The molecule has 1 saturated heterocycles. The number of carbonyl (C=O) groups excluding carboxylic acids is 1. The zero-order valence-corrected chi connectivity index (χ0v) is 15.4. The molecule has 27 heavy (non-hydrogen) atoms. The van der Waals surface area contributed by atoms with Crippen LogP contribution < -0.4 is 5.32 Å². The van der Waals surface area contributed by atoms with Crippen molar-refractivity contribution in [1.29, 1.82) is 0 Å². The van der Waals surface area contributed by atoms with E-state index in [1.807, 2.05) is 0 Å². The monoisotopic (exact) mass is 368 g/mol. The number of amides is 1. The van der Waals surface area contributed by atoms with Crippen molar-refractivity contribution in [3.63, 3.8) is 0 Å². The Hall–Kier alpha value is -2.24. The number of hydrogen-bond acceptors (Lipinski definition) is 3. The fourth-order valence-corrected chi connectivity index (χ4v) is 3.67. The number of hydrogen-bond donors (Lipinski definition) is 1. The molecule has 2 aromatic rings. The first-order valence-electron chi connectivity index (χ1n) is 9.58. The molecule has 1 N–H and O–H groups in total. The van der Waals surface area contributed by atoms with Gasteiger partial charge in [-0.2, -0.15) is 0 Å². The lowest BCUT2D eigenvalue weighted by atomic mass is 9.95. The first-order valence-corrected chi connectivity index (χ1v) is 9.58. The van der Waals surface area contributed by atoms with Gasteiger partial charge in [0.05, 0.1) is 18.6 Å². The van der Waals surface area contributed by atoms with Crippen molar-refractivity contribution in [2.75, 3.05) is 26.3 Å². The summed E-state index contributed by atoms with van der Waals surface area (Å²) in [6.45, 7) is 5.01. The van der Waals surface area contributed by atoms with E-state index in [2.05, 4.69) is 34.5 Å². The van der Waals surface area contributed by atoms with Gasteiger partial charge < -0.3 is 10.1 Å². The van der Waals surface area contributed by atoms with Crippen molar-refractivity contribution in [3.8, 4) is 0 Å². The van der Waals surface area contributed by atoms with Crippen LogP contribution in [0.4, 0.5) is 4.39 Å². The Kier molecular flexibility index (Phi) is 5.23. The van der Waals surface area contributed by atoms with E-state index in [1.54, 1.807) is 12.1 Å². The summed E-state index contributed by atoms with van der Waals surface area (Å²) in [6, 6.07) is 14.7. The van der Waals surface area contributed by atoms with Crippen LogP contribution in [-0.4, -0.2) is 37.1 Å². The SMILES string of the molecule is O=C(NCc1ccc(CN2CCOCC2)cc1)C1(c2ccc(F)cc2)CC1. The minimum absolute atomic E-state index is 0.0338. The molecule has 0 atom stereocenters. The number of rotatable bonds is 6. The molecule has 4 rings (SSSR count). The molecule has 0 aromatic heterocycles. The molecule has 1 aliphatic heterocycles. The topological polar surface area (TPSA) is 41.6 Å². The first kappa shape index (κ1) is 18.1. The molecule has 1 aliphatic carbocycles. The van der Waals surface area contributed by atoms with Gasteiger partial charge in [0.25, 0.3) is 0 Å². The Morgan fingerprint density at radius 1 is 1.00 bits per heavy atom. The Morgan fingerprint density at radius 3 is 2.26 bits per heavy atom. The second-order valence-electron chi connectivity index (χ2n) is 7.48. The van der Waals surface area contributed by atoms with E-state index in [0.717, 1.165) is 56.8 Å². The molecule has 1 amide bonds. The average Bonchev–Trinajstić information content (AvgIpc) is 3.51. The molecule has 142 valence electrons. The molecule has 5 heteroatoms. The average molecular weight is 368 g/mol. The molecule has 4 nitrogen and oxygen atoms in total. The predicted molar refractivity (Wildman–Crippen MR) is 102 cm³/mol. The third-order valence-electron chi connectivity index (χ3n) is 5.57. The Labute approximate surface area is 159 Å². The van der Waals surface area contributed by atoms with Gasteiger partial charge >= 0.3 is 0 Å². The number of nitrogens with one attached hydrogen (secondary N) is 1. The van der Waals surface area contributed by atoms with E-state index in [9.17, 15) is 9.18 Å². The van der Waals surface area contributed by atoms with Crippen LogP contribution in [0.3, 0.4) is 0 Å². The van der Waals surface area contributed by atoms with Crippen molar-refractivity contribution in [2.45, 2.75) is 31.3 Å². The summed E-state index contributed by atoms with van der Waals surface area (Å²) in [4.78, 5) is 15.1. The minimum Gasteiger partial charge on any atom is -0.379 e. The van der Waals surface area contributed by atoms with Crippen LogP contribution in [0, 0.1) is 5.82 Å². The van der Waals surface area contributed by atoms with Gasteiger partial charge in [0.15, 0.2) is 0 Å². The van der Waals surface area contributed by atoms with Crippen LogP contribution in [0.1, 0.15) is 29.5 Å². The maximum atomic E-state index is 13.1. The fraction of sp³-hybridized carbons (Fsp3) is 0.409. The summed E-state index contributed by atoms with van der Waals surface area (Å²) < 4.78 is 18.5. The molecule has 1 heterocycles. The maximum absolute atomic E-state index is 13.1. The van der Waals surface area contributed by atoms with Crippen molar-refractivity contribution in [2.24, 2.45) is 0 Å². The lowest BCUT2D eigenvalue weighted by Gasteiger charge is -2.26. The summed E-state index contributed by atoms with van der Waals surface area (Å²) in [5, 5.41) is 3.06. The molecule has 2 fully saturated rings. The van der Waals surface area contributed by atoms with Gasteiger partial charge in [-0.1, -0.05) is 36.4 Å².